The molecule has 2 rings (SSSR count). The lowest BCUT2D eigenvalue weighted by molar-refractivity contribution is -0.139. The maximum Gasteiger partial charge on any atom is 0.227 e. The number of piperazine rings is 1. The van der Waals surface area contributed by atoms with E-state index in [9.17, 15) is 9.59 Å². The van der Waals surface area contributed by atoms with E-state index in [1.54, 1.807) is 15.9 Å². The zero-order chi connectivity index (χ0) is 15.2. The molecule has 0 aromatic heterocycles. The van der Waals surface area contributed by atoms with Crippen LogP contribution >= 0.6 is 11.6 Å². The molecule has 1 aromatic carbocycles. The van der Waals surface area contributed by atoms with E-state index in [1.165, 1.54) is 0 Å². The van der Waals surface area contributed by atoms with Gasteiger partial charge in [0.25, 0.3) is 0 Å². The quantitative estimate of drug-likeness (QED) is 0.898. The molecule has 21 heavy (non-hydrogen) atoms. The molecule has 0 atom stereocenters. The first-order valence-electron chi connectivity index (χ1n) is 7.11. The summed E-state index contributed by atoms with van der Waals surface area (Å²) in [6.45, 7) is 2.66. The van der Waals surface area contributed by atoms with Crippen molar-refractivity contribution in [3.63, 3.8) is 0 Å². The third-order valence-electron chi connectivity index (χ3n) is 3.64. The minimum atomic E-state index is 0.0500. The summed E-state index contributed by atoms with van der Waals surface area (Å²) in [7, 11) is 0. The lowest BCUT2D eigenvalue weighted by atomic mass is 10.1. The molecule has 1 aromatic rings. The Morgan fingerprint density at radius 2 is 1.62 bits per heavy atom. The summed E-state index contributed by atoms with van der Waals surface area (Å²) < 4.78 is 0. The first kappa shape index (κ1) is 15.8. The molecule has 2 N–H and O–H groups in total. The third kappa shape index (κ3) is 4.19. The van der Waals surface area contributed by atoms with E-state index in [0.717, 1.165) is 5.56 Å². The number of carbonyl (C=O) groups excluding carboxylic acids is 2. The number of rotatable bonds is 4. The molecule has 1 saturated heterocycles. The van der Waals surface area contributed by atoms with E-state index in [-0.39, 0.29) is 11.8 Å². The van der Waals surface area contributed by atoms with E-state index in [1.807, 2.05) is 18.2 Å². The predicted octanol–water partition coefficient (Wildman–Crippen LogP) is 0.902. The van der Waals surface area contributed by atoms with E-state index in [0.29, 0.717) is 50.6 Å². The van der Waals surface area contributed by atoms with Gasteiger partial charge in [-0.05, 0) is 11.6 Å². The highest BCUT2D eigenvalue weighted by Crippen LogP contribution is 2.16. The number of hydrogen-bond acceptors (Lipinski definition) is 3. The molecular formula is C15H20ClN3O2. The van der Waals surface area contributed by atoms with Crippen molar-refractivity contribution >= 4 is 23.4 Å². The van der Waals surface area contributed by atoms with Crippen LogP contribution in [0.25, 0.3) is 0 Å². The Labute approximate surface area is 129 Å². The summed E-state index contributed by atoms with van der Waals surface area (Å²) in [5, 5.41) is 0.614. The van der Waals surface area contributed by atoms with Crippen LogP contribution in [0.4, 0.5) is 0 Å². The fourth-order valence-corrected chi connectivity index (χ4v) is 2.61. The molecule has 0 radical (unpaired) electrons. The van der Waals surface area contributed by atoms with Crippen LogP contribution in [-0.2, 0) is 16.0 Å². The van der Waals surface area contributed by atoms with Crippen molar-refractivity contribution in [2.24, 2.45) is 5.73 Å². The summed E-state index contributed by atoms with van der Waals surface area (Å²) in [5.41, 5.74) is 6.23. The van der Waals surface area contributed by atoms with Gasteiger partial charge in [-0.25, -0.2) is 0 Å². The topological polar surface area (TPSA) is 66.6 Å². The van der Waals surface area contributed by atoms with Gasteiger partial charge in [-0.3, -0.25) is 9.59 Å². The van der Waals surface area contributed by atoms with Crippen molar-refractivity contribution in [3.8, 4) is 0 Å². The third-order valence-corrected chi connectivity index (χ3v) is 4.01. The zero-order valence-corrected chi connectivity index (χ0v) is 12.7. The second-order valence-electron chi connectivity index (χ2n) is 5.07. The summed E-state index contributed by atoms with van der Waals surface area (Å²) >= 11 is 6.07. The highest BCUT2D eigenvalue weighted by atomic mass is 35.5. The summed E-state index contributed by atoms with van der Waals surface area (Å²) in [6, 6.07) is 7.37. The molecule has 0 aliphatic carbocycles. The van der Waals surface area contributed by atoms with Gasteiger partial charge in [0.05, 0.1) is 6.42 Å². The monoisotopic (exact) mass is 309 g/mol. The Hall–Kier alpha value is -1.59. The van der Waals surface area contributed by atoms with Gasteiger partial charge in [-0.15, -0.1) is 0 Å². The summed E-state index contributed by atoms with van der Waals surface area (Å²) in [5.74, 6) is 0.115. The van der Waals surface area contributed by atoms with Crippen LogP contribution in [0.15, 0.2) is 24.3 Å². The van der Waals surface area contributed by atoms with Crippen molar-refractivity contribution in [2.45, 2.75) is 12.8 Å². The molecule has 0 saturated carbocycles. The molecular weight excluding hydrogens is 290 g/mol. The van der Waals surface area contributed by atoms with Crippen molar-refractivity contribution in [2.75, 3.05) is 32.7 Å². The first-order chi connectivity index (χ1) is 10.1. The van der Waals surface area contributed by atoms with Gasteiger partial charge in [-0.1, -0.05) is 29.8 Å². The van der Waals surface area contributed by atoms with Gasteiger partial charge in [-0.2, -0.15) is 0 Å². The average molecular weight is 310 g/mol. The van der Waals surface area contributed by atoms with E-state index in [4.69, 9.17) is 17.3 Å². The van der Waals surface area contributed by atoms with Crippen LogP contribution in [0.5, 0.6) is 0 Å². The van der Waals surface area contributed by atoms with Crippen LogP contribution in [0.2, 0.25) is 5.02 Å². The predicted molar refractivity (Wildman–Crippen MR) is 82.0 cm³/mol. The normalized spacial score (nSPS) is 15.1. The van der Waals surface area contributed by atoms with Crippen LogP contribution in [-0.4, -0.2) is 54.3 Å². The molecule has 0 spiro atoms. The summed E-state index contributed by atoms with van der Waals surface area (Å²) in [4.78, 5) is 27.6. The molecule has 0 bridgehead atoms. The summed E-state index contributed by atoms with van der Waals surface area (Å²) in [6.07, 6.45) is 0.671. The number of carbonyl (C=O) groups is 2. The molecule has 114 valence electrons. The maximum absolute atomic E-state index is 12.3. The number of benzene rings is 1. The Morgan fingerprint density at radius 3 is 2.19 bits per heavy atom. The highest BCUT2D eigenvalue weighted by molar-refractivity contribution is 6.31. The number of nitrogens with two attached hydrogens (primary N) is 1. The van der Waals surface area contributed by atoms with Crippen LogP contribution in [0.3, 0.4) is 0 Å². The highest BCUT2D eigenvalue weighted by Gasteiger charge is 2.23. The van der Waals surface area contributed by atoms with Crippen LogP contribution in [0, 0.1) is 0 Å². The van der Waals surface area contributed by atoms with Gasteiger partial charge in [0.15, 0.2) is 0 Å². The van der Waals surface area contributed by atoms with Gasteiger partial charge in [0, 0.05) is 44.2 Å². The molecule has 1 heterocycles. The Kier molecular flexibility index (Phi) is 5.59. The van der Waals surface area contributed by atoms with E-state index in [2.05, 4.69) is 0 Å². The zero-order valence-electron chi connectivity index (χ0n) is 11.9. The second kappa shape index (κ2) is 7.43. The number of nitrogens with zero attached hydrogens (tertiary/aromatic N) is 2. The minimum absolute atomic E-state index is 0.0500. The largest absolute Gasteiger partial charge is 0.339 e. The van der Waals surface area contributed by atoms with Crippen molar-refractivity contribution in [3.05, 3.63) is 34.9 Å². The smallest absolute Gasteiger partial charge is 0.227 e. The number of halogens is 1. The van der Waals surface area contributed by atoms with E-state index < -0.39 is 0 Å². The standard InChI is InChI=1S/C15H20ClN3O2/c16-13-4-2-1-3-12(13)11-15(21)19-9-7-18(8-10-19)14(20)5-6-17/h1-4H,5-11,17H2. The molecule has 1 aliphatic heterocycles. The molecule has 2 amide bonds. The maximum atomic E-state index is 12.3. The lowest BCUT2D eigenvalue weighted by Crippen LogP contribution is -2.51. The van der Waals surface area contributed by atoms with E-state index >= 15 is 0 Å². The molecule has 1 fully saturated rings. The van der Waals surface area contributed by atoms with Gasteiger partial charge in [0.2, 0.25) is 11.8 Å². The van der Waals surface area contributed by atoms with Crippen molar-refractivity contribution in [1.82, 2.24) is 9.80 Å². The number of amides is 2. The lowest BCUT2D eigenvalue weighted by Gasteiger charge is -2.35. The Morgan fingerprint density at radius 1 is 1.05 bits per heavy atom. The van der Waals surface area contributed by atoms with Gasteiger partial charge < -0.3 is 15.5 Å². The first-order valence-corrected chi connectivity index (χ1v) is 7.48. The number of hydrogen-bond donors (Lipinski definition) is 1. The van der Waals surface area contributed by atoms with Crippen LogP contribution < -0.4 is 5.73 Å². The fraction of sp³-hybridized carbons (Fsp3) is 0.467. The molecule has 0 unspecified atom stereocenters. The van der Waals surface area contributed by atoms with Crippen LogP contribution in [0.1, 0.15) is 12.0 Å². The van der Waals surface area contributed by atoms with Gasteiger partial charge >= 0.3 is 0 Å². The Balaban J connectivity index is 1.86. The fourth-order valence-electron chi connectivity index (χ4n) is 2.40. The van der Waals surface area contributed by atoms with Crippen molar-refractivity contribution < 1.29 is 9.59 Å². The SMILES string of the molecule is NCCC(=O)N1CCN(C(=O)Cc2ccccc2Cl)CC1. The molecule has 5 nitrogen and oxygen atoms in total. The van der Waals surface area contributed by atoms with Gasteiger partial charge in [0.1, 0.15) is 0 Å². The second-order valence-corrected chi connectivity index (χ2v) is 5.48. The Bertz CT molecular complexity index is 513. The average Bonchev–Trinajstić information content (AvgIpc) is 2.50. The van der Waals surface area contributed by atoms with Crippen molar-refractivity contribution in [1.29, 1.82) is 0 Å². The molecule has 1 aliphatic rings. The molecule has 6 heteroatoms. The minimum Gasteiger partial charge on any atom is -0.339 e.